The van der Waals surface area contributed by atoms with Gasteiger partial charge in [0.25, 0.3) is 0 Å². The van der Waals surface area contributed by atoms with Crippen LogP contribution in [0.5, 0.6) is 0 Å². The lowest BCUT2D eigenvalue weighted by Gasteiger charge is -2.04. The van der Waals surface area contributed by atoms with Crippen molar-refractivity contribution in [3.05, 3.63) is 42.2 Å². The predicted octanol–water partition coefficient (Wildman–Crippen LogP) is 1.96. The van der Waals surface area contributed by atoms with Gasteiger partial charge in [-0.3, -0.25) is 0 Å². The fourth-order valence-electron chi connectivity index (χ4n) is 1.19. The zero-order valence-electron chi connectivity index (χ0n) is 9.15. The van der Waals surface area contributed by atoms with Crippen molar-refractivity contribution in [2.45, 2.75) is 6.54 Å². The van der Waals surface area contributed by atoms with Crippen LogP contribution in [0.15, 0.2) is 31.0 Å². The summed E-state index contributed by atoms with van der Waals surface area (Å²) in [5.74, 6) is 2.07. The average Bonchev–Trinajstić information content (AvgIpc) is 2.34. The van der Waals surface area contributed by atoms with Crippen molar-refractivity contribution in [3.8, 4) is 6.07 Å². The summed E-state index contributed by atoms with van der Waals surface area (Å²) in [5.41, 5.74) is 1.57. The largest absolute Gasteiger partial charge is 0.312 e. The SMILES string of the molecule is C=CCSCCNCc1ccnc(C#N)c1. The number of hydrogen-bond donors (Lipinski definition) is 1. The number of aromatic nitrogens is 1. The third kappa shape index (κ3) is 4.96. The highest BCUT2D eigenvalue weighted by Crippen LogP contribution is 2.01. The fourth-order valence-corrected chi connectivity index (χ4v) is 1.81. The number of rotatable bonds is 7. The van der Waals surface area contributed by atoms with Crippen molar-refractivity contribution in [3.63, 3.8) is 0 Å². The highest BCUT2D eigenvalue weighted by atomic mass is 32.2. The van der Waals surface area contributed by atoms with E-state index in [-0.39, 0.29) is 0 Å². The Morgan fingerprint density at radius 3 is 3.25 bits per heavy atom. The molecule has 0 bridgehead atoms. The molecule has 0 spiro atoms. The number of hydrogen-bond acceptors (Lipinski definition) is 4. The molecule has 1 aromatic heterocycles. The van der Waals surface area contributed by atoms with E-state index in [1.165, 1.54) is 0 Å². The molecule has 0 unspecified atom stereocenters. The maximum Gasteiger partial charge on any atom is 0.140 e. The van der Waals surface area contributed by atoms with Gasteiger partial charge in [0.15, 0.2) is 0 Å². The van der Waals surface area contributed by atoms with Crippen LogP contribution in [0.25, 0.3) is 0 Å². The fraction of sp³-hybridized carbons (Fsp3) is 0.333. The molecule has 1 N–H and O–H groups in total. The van der Waals surface area contributed by atoms with Crippen molar-refractivity contribution in [1.29, 1.82) is 5.26 Å². The second-order valence-corrected chi connectivity index (χ2v) is 4.35. The van der Waals surface area contributed by atoms with Gasteiger partial charge in [0.2, 0.25) is 0 Å². The van der Waals surface area contributed by atoms with Crippen LogP contribution < -0.4 is 5.32 Å². The number of pyridine rings is 1. The molecule has 0 amide bonds. The first-order chi connectivity index (χ1) is 7.86. The molecule has 16 heavy (non-hydrogen) atoms. The minimum Gasteiger partial charge on any atom is -0.312 e. The Hall–Kier alpha value is -1.31. The van der Waals surface area contributed by atoms with Crippen LogP contribution in [0.3, 0.4) is 0 Å². The highest BCUT2D eigenvalue weighted by molar-refractivity contribution is 7.99. The molecule has 4 heteroatoms. The van der Waals surface area contributed by atoms with Gasteiger partial charge in [-0.25, -0.2) is 4.98 Å². The molecule has 0 atom stereocenters. The van der Waals surface area contributed by atoms with Crippen molar-refractivity contribution in [1.82, 2.24) is 10.3 Å². The van der Waals surface area contributed by atoms with E-state index in [0.717, 1.165) is 30.2 Å². The number of nitriles is 1. The second kappa shape index (κ2) is 7.91. The highest BCUT2D eigenvalue weighted by Gasteiger charge is 1.95. The molecule has 0 aromatic carbocycles. The van der Waals surface area contributed by atoms with Crippen molar-refractivity contribution in [2.24, 2.45) is 0 Å². The van der Waals surface area contributed by atoms with Crippen LogP contribution >= 0.6 is 11.8 Å². The molecule has 84 valence electrons. The van der Waals surface area contributed by atoms with Gasteiger partial charge in [-0.2, -0.15) is 17.0 Å². The maximum atomic E-state index is 8.69. The Bertz CT molecular complexity index is 371. The van der Waals surface area contributed by atoms with Crippen LogP contribution in [0.2, 0.25) is 0 Å². The topological polar surface area (TPSA) is 48.7 Å². The predicted molar refractivity (Wildman–Crippen MR) is 68.2 cm³/mol. The van der Waals surface area contributed by atoms with E-state index in [1.807, 2.05) is 36.0 Å². The van der Waals surface area contributed by atoms with Crippen LogP contribution in [0, 0.1) is 11.3 Å². The molecule has 0 saturated heterocycles. The number of nitrogens with one attached hydrogen (secondary N) is 1. The first-order valence-corrected chi connectivity index (χ1v) is 6.26. The minimum atomic E-state index is 0.473. The van der Waals surface area contributed by atoms with E-state index >= 15 is 0 Å². The quantitative estimate of drug-likeness (QED) is 0.578. The van der Waals surface area contributed by atoms with E-state index in [9.17, 15) is 0 Å². The lowest BCUT2D eigenvalue weighted by atomic mass is 10.2. The zero-order chi connectivity index (χ0) is 11.6. The molecule has 1 rings (SSSR count). The monoisotopic (exact) mass is 233 g/mol. The minimum absolute atomic E-state index is 0.473. The summed E-state index contributed by atoms with van der Waals surface area (Å²) in [4.78, 5) is 3.92. The number of nitrogens with zero attached hydrogens (tertiary/aromatic N) is 2. The first kappa shape index (κ1) is 12.8. The van der Waals surface area contributed by atoms with Gasteiger partial charge in [0.1, 0.15) is 11.8 Å². The third-order valence-electron chi connectivity index (χ3n) is 1.93. The summed E-state index contributed by atoms with van der Waals surface area (Å²) in [6, 6.07) is 5.76. The Labute approximate surface area is 101 Å². The molecule has 1 aromatic rings. The second-order valence-electron chi connectivity index (χ2n) is 3.20. The Balaban J connectivity index is 2.21. The number of thioether (sulfide) groups is 1. The molecule has 0 aliphatic heterocycles. The van der Waals surface area contributed by atoms with Crippen LogP contribution in [0.1, 0.15) is 11.3 Å². The summed E-state index contributed by atoms with van der Waals surface area (Å²) in [6.45, 7) is 5.41. The maximum absolute atomic E-state index is 8.69. The molecule has 0 radical (unpaired) electrons. The molecule has 0 saturated carbocycles. The van der Waals surface area contributed by atoms with Gasteiger partial charge in [-0.05, 0) is 17.7 Å². The van der Waals surface area contributed by atoms with E-state index in [1.54, 1.807) is 6.20 Å². The molecule has 0 fully saturated rings. The van der Waals surface area contributed by atoms with Crippen LogP contribution in [0.4, 0.5) is 0 Å². The summed E-state index contributed by atoms with van der Waals surface area (Å²) < 4.78 is 0. The molecule has 1 heterocycles. The molecule has 3 nitrogen and oxygen atoms in total. The summed E-state index contributed by atoms with van der Waals surface area (Å²) in [5, 5.41) is 12.0. The lowest BCUT2D eigenvalue weighted by molar-refractivity contribution is 0.731. The van der Waals surface area contributed by atoms with Gasteiger partial charge in [-0.15, -0.1) is 6.58 Å². The first-order valence-electron chi connectivity index (χ1n) is 5.11. The molecule has 0 aliphatic carbocycles. The lowest BCUT2D eigenvalue weighted by Crippen LogP contribution is -2.16. The summed E-state index contributed by atoms with van der Waals surface area (Å²) in [7, 11) is 0. The van der Waals surface area contributed by atoms with Gasteiger partial charge < -0.3 is 5.32 Å². The van der Waals surface area contributed by atoms with E-state index in [4.69, 9.17) is 5.26 Å². The van der Waals surface area contributed by atoms with Crippen molar-refractivity contribution in [2.75, 3.05) is 18.1 Å². The Morgan fingerprint density at radius 2 is 2.50 bits per heavy atom. The zero-order valence-corrected chi connectivity index (χ0v) is 9.96. The Morgan fingerprint density at radius 1 is 1.62 bits per heavy atom. The van der Waals surface area contributed by atoms with Gasteiger partial charge in [0, 0.05) is 30.8 Å². The molecular formula is C12H15N3S. The van der Waals surface area contributed by atoms with Crippen LogP contribution in [-0.4, -0.2) is 23.0 Å². The van der Waals surface area contributed by atoms with E-state index < -0.39 is 0 Å². The van der Waals surface area contributed by atoms with E-state index in [2.05, 4.69) is 16.9 Å². The van der Waals surface area contributed by atoms with E-state index in [0.29, 0.717) is 5.69 Å². The normalized spacial score (nSPS) is 9.69. The molecule has 0 aliphatic rings. The summed E-state index contributed by atoms with van der Waals surface area (Å²) >= 11 is 1.85. The summed E-state index contributed by atoms with van der Waals surface area (Å²) in [6.07, 6.45) is 3.58. The molecular weight excluding hydrogens is 218 g/mol. The van der Waals surface area contributed by atoms with Crippen molar-refractivity contribution < 1.29 is 0 Å². The third-order valence-corrected chi connectivity index (χ3v) is 2.89. The Kier molecular flexibility index (Phi) is 6.31. The van der Waals surface area contributed by atoms with Gasteiger partial charge >= 0.3 is 0 Å². The standard InChI is InChI=1S/C12H15N3S/c1-2-6-16-7-5-14-10-11-3-4-15-12(8-11)9-13/h2-4,8,14H,1,5-7,10H2. The van der Waals surface area contributed by atoms with Crippen molar-refractivity contribution >= 4 is 11.8 Å². The van der Waals surface area contributed by atoms with Crippen LogP contribution in [-0.2, 0) is 6.54 Å². The smallest absolute Gasteiger partial charge is 0.140 e. The average molecular weight is 233 g/mol. The van der Waals surface area contributed by atoms with Gasteiger partial charge in [0.05, 0.1) is 0 Å². The van der Waals surface area contributed by atoms with Gasteiger partial charge in [-0.1, -0.05) is 6.08 Å².